The Morgan fingerprint density at radius 3 is 2.89 bits per heavy atom. The van der Waals surface area contributed by atoms with E-state index in [0.29, 0.717) is 44.8 Å². The predicted molar refractivity (Wildman–Crippen MR) is 104 cm³/mol. The van der Waals surface area contributed by atoms with Crippen LogP contribution in [0.5, 0.6) is 5.75 Å². The van der Waals surface area contributed by atoms with Crippen molar-refractivity contribution in [1.82, 2.24) is 19.9 Å². The highest BCUT2D eigenvalue weighted by Gasteiger charge is 2.23. The first-order valence-corrected chi connectivity index (χ1v) is 9.28. The highest BCUT2D eigenvalue weighted by atomic mass is 19.1. The van der Waals surface area contributed by atoms with Gasteiger partial charge in [-0.15, -0.1) is 0 Å². The smallest absolute Gasteiger partial charge is 0.223 e. The highest BCUT2D eigenvalue weighted by Crippen LogP contribution is 2.25. The molecule has 3 aromatic rings. The number of methoxy groups -OCH3 is 1. The van der Waals surface area contributed by atoms with Gasteiger partial charge >= 0.3 is 0 Å². The van der Waals surface area contributed by atoms with Crippen LogP contribution in [0.15, 0.2) is 36.9 Å². The maximum atomic E-state index is 13.5. The molecular formula is C20H22FN5O2. The molecule has 1 aliphatic heterocycles. The number of rotatable bonds is 5. The molecule has 0 radical (unpaired) electrons. The van der Waals surface area contributed by atoms with E-state index in [1.807, 2.05) is 11.1 Å². The van der Waals surface area contributed by atoms with E-state index < -0.39 is 0 Å². The molecule has 1 amide bonds. The lowest BCUT2D eigenvalue weighted by Crippen LogP contribution is -2.49. The molecule has 0 atom stereocenters. The van der Waals surface area contributed by atoms with E-state index in [-0.39, 0.29) is 11.7 Å². The van der Waals surface area contributed by atoms with Crippen molar-refractivity contribution >= 4 is 22.6 Å². The summed E-state index contributed by atoms with van der Waals surface area (Å²) in [7, 11) is 1.60. The second-order valence-corrected chi connectivity index (χ2v) is 6.79. The molecule has 28 heavy (non-hydrogen) atoms. The maximum absolute atomic E-state index is 13.5. The third-order valence-electron chi connectivity index (χ3n) is 5.15. The van der Waals surface area contributed by atoms with Crippen molar-refractivity contribution in [2.45, 2.75) is 12.8 Å². The van der Waals surface area contributed by atoms with Crippen molar-refractivity contribution in [2.24, 2.45) is 0 Å². The molecule has 3 heterocycles. The number of amides is 1. The molecule has 0 spiro atoms. The van der Waals surface area contributed by atoms with Crippen LogP contribution in [0.4, 0.5) is 10.2 Å². The molecule has 2 aromatic heterocycles. The number of fused-ring (bicyclic) bond motifs is 1. The van der Waals surface area contributed by atoms with Crippen LogP contribution in [-0.2, 0) is 11.2 Å². The first kappa shape index (κ1) is 18.2. The average molecular weight is 383 g/mol. The summed E-state index contributed by atoms with van der Waals surface area (Å²) in [5.74, 6) is 1.23. The fraction of sp³-hybridized carbons (Fsp3) is 0.350. The molecule has 146 valence electrons. The van der Waals surface area contributed by atoms with Gasteiger partial charge in [-0.05, 0) is 30.2 Å². The Morgan fingerprint density at radius 2 is 2.11 bits per heavy atom. The third-order valence-corrected chi connectivity index (χ3v) is 5.15. The second kappa shape index (κ2) is 7.84. The first-order valence-electron chi connectivity index (χ1n) is 9.28. The highest BCUT2D eigenvalue weighted by molar-refractivity contribution is 5.84. The van der Waals surface area contributed by atoms with Gasteiger partial charge in [0, 0.05) is 49.7 Å². The predicted octanol–water partition coefficient (Wildman–Crippen LogP) is 2.39. The molecular weight excluding hydrogens is 361 g/mol. The summed E-state index contributed by atoms with van der Waals surface area (Å²) in [5.41, 5.74) is 1.85. The molecule has 8 heteroatoms. The molecule has 1 saturated heterocycles. The molecule has 4 rings (SSSR count). The number of nitrogens with zero attached hydrogens (tertiary/aromatic N) is 4. The van der Waals surface area contributed by atoms with Gasteiger partial charge in [0.15, 0.2) is 11.6 Å². The number of carbonyl (C=O) groups excluding carboxylic acids is 1. The lowest BCUT2D eigenvalue weighted by atomic mass is 10.1. The molecule has 0 saturated carbocycles. The average Bonchev–Trinajstić information content (AvgIpc) is 3.14. The summed E-state index contributed by atoms with van der Waals surface area (Å²) in [4.78, 5) is 28.0. The van der Waals surface area contributed by atoms with Crippen molar-refractivity contribution in [3.8, 4) is 5.75 Å². The fourth-order valence-electron chi connectivity index (χ4n) is 3.62. The van der Waals surface area contributed by atoms with Crippen LogP contribution in [-0.4, -0.2) is 59.0 Å². The summed E-state index contributed by atoms with van der Waals surface area (Å²) in [6, 6.07) is 4.66. The van der Waals surface area contributed by atoms with Gasteiger partial charge < -0.3 is 19.5 Å². The molecule has 0 bridgehead atoms. The molecule has 1 fully saturated rings. The van der Waals surface area contributed by atoms with Crippen LogP contribution in [0, 0.1) is 5.82 Å². The van der Waals surface area contributed by atoms with E-state index in [4.69, 9.17) is 4.74 Å². The van der Waals surface area contributed by atoms with E-state index >= 15 is 0 Å². The number of benzene rings is 1. The van der Waals surface area contributed by atoms with Gasteiger partial charge in [-0.2, -0.15) is 0 Å². The Hall–Kier alpha value is -3.16. The van der Waals surface area contributed by atoms with E-state index in [2.05, 4.69) is 19.9 Å². The van der Waals surface area contributed by atoms with Crippen molar-refractivity contribution in [2.75, 3.05) is 38.2 Å². The number of H-pyrrole nitrogens is 1. The van der Waals surface area contributed by atoms with Crippen LogP contribution < -0.4 is 9.64 Å². The number of carbonyl (C=O) groups is 1. The van der Waals surface area contributed by atoms with Gasteiger partial charge in [0.05, 0.1) is 13.3 Å². The van der Waals surface area contributed by atoms with E-state index in [9.17, 15) is 9.18 Å². The Bertz CT molecular complexity index is 982. The molecule has 7 nitrogen and oxygen atoms in total. The molecule has 1 N–H and O–H groups in total. The van der Waals surface area contributed by atoms with Gasteiger partial charge in [0.2, 0.25) is 5.91 Å². The Labute approximate surface area is 162 Å². The van der Waals surface area contributed by atoms with Gasteiger partial charge in [-0.25, -0.2) is 14.4 Å². The lowest BCUT2D eigenvalue weighted by Gasteiger charge is -2.35. The SMILES string of the molecule is COc1cncnc1N1CCN(C(=O)CCc2c[nH]c3ccc(F)cc23)CC1. The number of aryl methyl sites for hydroxylation is 1. The number of piperazine rings is 1. The molecule has 0 aliphatic carbocycles. The third kappa shape index (κ3) is 3.62. The number of ether oxygens (including phenoxy) is 1. The van der Waals surface area contributed by atoms with E-state index in [0.717, 1.165) is 22.3 Å². The minimum atomic E-state index is -0.268. The van der Waals surface area contributed by atoms with E-state index in [1.165, 1.54) is 18.5 Å². The number of aromatic amines is 1. The second-order valence-electron chi connectivity index (χ2n) is 6.79. The largest absolute Gasteiger partial charge is 0.491 e. The summed E-state index contributed by atoms with van der Waals surface area (Å²) in [5, 5.41) is 0.841. The van der Waals surface area contributed by atoms with Crippen molar-refractivity contribution in [1.29, 1.82) is 0 Å². The normalized spacial score (nSPS) is 14.5. The van der Waals surface area contributed by atoms with Gasteiger partial charge in [0.1, 0.15) is 12.1 Å². The minimum absolute atomic E-state index is 0.111. The Kier molecular flexibility index (Phi) is 5.10. The summed E-state index contributed by atoms with van der Waals surface area (Å²) in [6.07, 6.45) is 5.99. The van der Waals surface area contributed by atoms with Gasteiger partial charge in [-0.1, -0.05) is 0 Å². The number of hydrogen-bond donors (Lipinski definition) is 1. The minimum Gasteiger partial charge on any atom is -0.491 e. The van der Waals surface area contributed by atoms with Crippen molar-refractivity contribution in [3.63, 3.8) is 0 Å². The quantitative estimate of drug-likeness (QED) is 0.732. The number of nitrogens with one attached hydrogen (secondary N) is 1. The van der Waals surface area contributed by atoms with Crippen LogP contribution >= 0.6 is 0 Å². The standard InChI is InChI=1S/C20H22FN5O2/c1-28-18-12-22-13-24-20(18)26-8-6-25(7-9-26)19(27)5-2-14-11-23-17-4-3-15(21)10-16(14)17/h3-4,10-13,23H,2,5-9H2,1H3. The number of halogens is 1. The van der Waals surface area contributed by atoms with Crippen LogP contribution in [0.25, 0.3) is 10.9 Å². The number of anilines is 1. The molecule has 0 unspecified atom stereocenters. The molecule has 1 aromatic carbocycles. The summed E-state index contributed by atoms with van der Waals surface area (Å²) >= 11 is 0. The van der Waals surface area contributed by atoms with Crippen molar-refractivity contribution in [3.05, 3.63) is 48.3 Å². The summed E-state index contributed by atoms with van der Waals surface area (Å²) < 4.78 is 18.8. The maximum Gasteiger partial charge on any atom is 0.223 e. The fourth-order valence-corrected chi connectivity index (χ4v) is 3.62. The molecule has 1 aliphatic rings. The van der Waals surface area contributed by atoms with Gasteiger partial charge in [0.25, 0.3) is 0 Å². The van der Waals surface area contributed by atoms with Crippen LogP contribution in [0.1, 0.15) is 12.0 Å². The zero-order chi connectivity index (χ0) is 19.5. The Morgan fingerprint density at radius 1 is 1.29 bits per heavy atom. The first-order chi connectivity index (χ1) is 13.7. The van der Waals surface area contributed by atoms with Gasteiger partial charge in [-0.3, -0.25) is 4.79 Å². The zero-order valence-corrected chi connectivity index (χ0v) is 15.7. The van der Waals surface area contributed by atoms with Crippen molar-refractivity contribution < 1.29 is 13.9 Å². The van der Waals surface area contributed by atoms with Crippen LogP contribution in [0.2, 0.25) is 0 Å². The van der Waals surface area contributed by atoms with Crippen LogP contribution in [0.3, 0.4) is 0 Å². The number of hydrogen-bond acceptors (Lipinski definition) is 5. The number of aromatic nitrogens is 3. The Balaban J connectivity index is 1.34. The lowest BCUT2D eigenvalue weighted by molar-refractivity contribution is -0.131. The van der Waals surface area contributed by atoms with E-state index in [1.54, 1.807) is 19.4 Å². The topological polar surface area (TPSA) is 74.4 Å². The summed E-state index contributed by atoms with van der Waals surface area (Å²) in [6.45, 7) is 2.65. The zero-order valence-electron chi connectivity index (χ0n) is 15.7. The monoisotopic (exact) mass is 383 g/mol.